The second kappa shape index (κ2) is 8.78. The molecule has 0 saturated carbocycles. The predicted molar refractivity (Wildman–Crippen MR) is 121 cm³/mol. The summed E-state index contributed by atoms with van der Waals surface area (Å²) < 4.78 is 18.9. The summed E-state index contributed by atoms with van der Waals surface area (Å²) >= 11 is 0. The van der Waals surface area contributed by atoms with E-state index in [1.54, 1.807) is 41.5 Å². The zero-order valence-electron chi connectivity index (χ0n) is 19.9. The number of hydrogen-bond acceptors (Lipinski definition) is 5. The molecule has 1 aliphatic heterocycles. The number of fused-ring (bicyclic) bond motifs is 1. The van der Waals surface area contributed by atoms with Crippen molar-refractivity contribution in [3.63, 3.8) is 0 Å². The van der Waals surface area contributed by atoms with E-state index in [2.05, 4.69) is 10.3 Å². The average molecular weight is 462 g/mol. The number of aromatic nitrogens is 1. The van der Waals surface area contributed by atoms with Gasteiger partial charge in [0.25, 0.3) is 0 Å². The Morgan fingerprint density at radius 1 is 1.21 bits per heavy atom. The van der Waals surface area contributed by atoms with Crippen molar-refractivity contribution in [1.82, 2.24) is 15.2 Å². The Hall–Kier alpha value is -2.94. The van der Waals surface area contributed by atoms with E-state index in [4.69, 9.17) is 4.74 Å². The van der Waals surface area contributed by atoms with E-state index >= 15 is 0 Å². The van der Waals surface area contributed by atoms with E-state index in [9.17, 15) is 23.9 Å². The fourth-order valence-corrected chi connectivity index (χ4v) is 4.03. The number of ether oxygens (including phenoxy) is 1. The summed E-state index contributed by atoms with van der Waals surface area (Å²) in [5.41, 5.74) is -0.650. The van der Waals surface area contributed by atoms with Crippen molar-refractivity contribution < 1.29 is 28.6 Å². The SMILES string of the molecule is CC(C)(C)OC(=O)N[C@H](C(=O)N1C[C@@H](O)C[C@H]1C(=O)c1c[nH]c2cc(F)ccc12)C(C)(C)C. The molecule has 2 amide bonds. The zero-order chi connectivity index (χ0) is 24.7. The van der Waals surface area contributed by atoms with Gasteiger partial charge in [-0.05, 0) is 44.4 Å². The van der Waals surface area contributed by atoms with Crippen molar-refractivity contribution in [2.75, 3.05) is 6.54 Å². The van der Waals surface area contributed by atoms with Gasteiger partial charge >= 0.3 is 6.09 Å². The molecule has 3 rings (SSSR count). The number of Topliss-reactive ketones (excluding diaryl/α,β-unsaturated/α-hetero) is 1. The van der Waals surface area contributed by atoms with Gasteiger partial charge in [-0.15, -0.1) is 0 Å². The number of rotatable bonds is 4. The van der Waals surface area contributed by atoms with Crippen LogP contribution < -0.4 is 5.32 Å². The molecule has 0 spiro atoms. The van der Waals surface area contributed by atoms with Crippen LogP contribution in [0.25, 0.3) is 10.9 Å². The number of carbonyl (C=O) groups is 3. The Balaban J connectivity index is 1.89. The third-order valence-electron chi connectivity index (χ3n) is 5.55. The van der Waals surface area contributed by atoms with Crippen LogP contribution in [0.5, 0.6) is 0 Å². The van der Waals surface area contributed by atoms with E-state index < -0.39 is 47.0 Å². The number of ketones is 1. The molecule has 2 aromatic rings. The second-order valence-corrected chi connectivity index (χ2v) is 10.6. The Bertz CT molecular complexity index is 1070. The van der Waals surface area contributed by atoms with Gasteiger partial charge in [0.05, 0.1) is 12.1 Å². The molecular formula is C24H32FN3O5. The molecule has 0 unspecified atom stereocenters. The Morgan fingerprint density at radius 3 is 2.48 bits per heavy atom. The second-order valence-electron chi connectivity index (χ2n) is 10.6. The van der Waals surface area contributed by atoms with E-state index in [1.807, 2.05) is 0 Å². The van der Waals surface area contributed by atoms with Crippen LogP contribution in [0.1, 0.15) is 58.3 Å². The summed E-state index contributed by atoms with van der Waals surface area (Å²) in [6.45, 7) is 10.5. The zero-order valence-corrected chi connectivity index (χ0v) is 19.9. The molecule has 0 aliphatic carbocycles. The molecular weight excluding hydrogens is 429 g/mol. The largest absolute Gasteiger partial charge is 0.444 e. The molecule has 1 aromatic heterocycles. The van der Waals surface area contributed by atoms with Gasteiger partial charge in [0.15, 0.2) is 5.78 Å². The van der Waals surface area contributed by atoms with Gasteiger partial charge in [-0.1, -0.05) is 20.8 Å². The number of likely N-dealkylation sites (tertiary alicyclic amines) is 1. The van der Waals surface area contributed by atoms with Crippen molar-refractivity contribution in [1.29, 1.82) is 0 Å². The molecule has 8 nitrogen and oxygen atoms in total. The van der Waals surface area contributed by atoms with Gasteiger partial charge in [-0.3, -0.25) is 9.59 Å². The lowest BCUT2D eigenvalue weighted by Gasteiger charge is -2.35. The molecule has 1 aliphatic rings. The summed E-state index contributed by atoms with van der Waals surface area (Å²) in [6.07, 6.45) is -0.0633. The van der Waals surface area contributed by atoms with Crippen LogP contribution >= 0.6 is 0 Å². The lowest BCUT2D eigenvalue weighted by atomic mass is 9.85. The highest BCUT2D eigenvalue weighted by molar-refractivity contribution is 6.11. The molecule has 0 radical (unpaired) electrons. The van der Waals surface area contributed by atoms with E-state index in [0.717, 1.165) is 0 Å². The molecule has 1 saturated heterocycles. The lowest BCUT2D eigenvalue weighted by molar-refractivity contribution is -0.136. The number of amides is 2. The van der Waals surface area contributed by atoms with E-state index in [-0.39, 0.29) is 18.7 Å². The number of aliphatic hydroxyl groups is 1. The van der Waals surface area contributed by atoms with Crippen LogP contribution in [0.3, 0.4) is 0 Å². The third kappa shape index (κ3) is 5.52. The number of halogens is 1. The van der Waals surface area contributed by atoms with Crippen molar-refractivity contribution in [2.45, 2.75) is 71.8 Å². The Kier molecular flexibility index (Phi) is 6.57. The maximum atomic E-state index is 13.6. The first kappa shape index (κ1) is 24.7. The number of benzene rings is 1. The normalized spacial score (nSPS) is 20.1. The van der Waals surface area contributed by atoms with Crippen molar-refractivity contribution in [3.8, 4) is 0 Å². The van der Waals surface area contributed by atoms with E-state index in [0.29, 0.717) is 16.5 Å². The fraction of sp³-hybridized carbons (Fsp3) is 0.542. The van der Waals surface area contributed by atoms with Crippen molar-refractivity contribution >= 4 is 28.7 Å². The van der Waals surface area contributed by atoms with Gasteiger partial charge in [-0.2, -0.15) is 0 Å². The minimum absolute atomic E-state index is 0.0329. The summed E-state index contributed by atoms with van der Waals surface area (Å²) in [4.78, 5) is 43.6. The quantitative estimate of drug-likeness (QED) is 0.605. The number of nitrogens with one attached hydrogen (secondary N) is 2. The highest BCUT2D eigenvalue weighted by atomic mass is 19.1. The first-order valence-corrected chi connectivity index (χ1v) is 11.0. The molecule has 3 N–H and O–H groups in total. The molecule has 1 aromatic carbocycles. The van der Waals surface area contributed by atoms with Gasteiger partial charge in [0.1, 0.15) is 17.5 Å². The van der Waals surface area contributed by atoms with Gasteiger partial charge in [0.2, 0.25) is 5.91 Å². The van der Waals surface area contributed by atoms with Gasteiger partial charge in [0, 0.05) is 35.6 Å². The minimum Gasteiger partial charge on any atom is -0.444 e. The third-order valence-corrected chi connectivity index (χ3v) is 5.55. The monoisotopic (exact) mass is 461 g/mol. The highest BCUT2D eigenvalue weighted by Gasteiger charge is 2.45. The number of H-pyrrole nitrogens is 1. The van der Waals surface area contributed by atoms with Gasteiger partial charge < -0.3 is 25.0 Å². The van der Waals surface area contributed by atoms with Crippen molar-refractivity contribution in [2.24, 2.45) is 5.41 Å². The van der Waals surface area contributed by atoms with E-state index in [1.165, 1.54) is 29.3 Å². The standard InChI is InChI=1S/C24H32FN3O5/c1-23(2,3)20(27-22(32)33-24(4,5)6)21(31)28-12-14(29)10-18(28)19(30)16-11-26-17-9-13(25)7-8-15(16)17/h7-9,11,14,18,20,26,29H,10,12H2,1-6H3,(H,27,32)/t14-,18-,20+/m0/s1. The number of carbonyl (C=O) groups excluding carboxylic acids is 3. The summed E-state index contributed by atoms with van der Waals surface area (Å²) in [7, 11) is 0. The van der Waals surface area contributed by atoms with Crippen LogP contribution in [0.2, 0.25) is 0 Å². The molecule has 9 heteroatoms. The first-order valence-electron chi connectivity index (χ1n) is 11.0. The van der Waals surface area contributed by atoms with Crippen LogP contribution in [-0.2, 0) is 9.53 Å². The average Bonchev–Trinajstić information content (AvgIpc) is 3.26. The predicted octanol–water partition coefficient (Wildman–Crippen LogP) is 3.39. The molecule has 33 heavy (non-hydrogen) atoms. The molecule has 2 heterocycles. The lowest BCUT2D eigenvalue weighted by Crippen LogP contribution is -2.57. The smallest absolute Gasteiger partial charge is 0.408 e. The number of hydrogen-bond donors (Lipinski definition) is 3. The summed E-state index contributed by atoms with van der Waals surface area (Å²) in [6, 6.07) is 2.17. The summed E-state index contributed by atoms with van der Waals surface area (Å²) in [5, 5.41) is 13.5. The number of β-amino-alcohol motifs (C(OH)–C–C–N with tert-alkyl or cyclic N) is 1. The Morgan fingerprint density at radius 2 is 1.88 bits per heavy atom. The highest BCUT2D eigenvalue weighted by Crippen LogP contribution is 2.30. The van der Waals surface area contributed by atoms with Crippen molar-refractivity contribution in [3.05, 3.63) is 35.8 Å². The number of alkyl carbamates (subject to hydrolysis) is 1. The van der Waals surface area contributed by atoms with Crippen LogP contribution in [0.15, 0.2) is 24.4 Å². The maximum absolute atomic E-state index is 13.6. The number of aliphatic hydroxyl groups excluding tert-OH is 1. The van der Waals surface area contributed by atoms with Crippen LogP contribution in [0.4, 0.5) is 9.18 Å². The van der Waals surface area contributed by atoms with Gasteiger partial charge in [-0.25, -0.2) is 9.18 Å². The molecule has 1 fully saturated rings. The number of nitrogens with zero attached hydrogens (tertiary/aromatic N) is 1. The van der Waals surface area contributed by atoms with Crippen LogP contribution in [0, 0.1) is 11.2 Å². The maximum Gasteiger partial charge on any atom is 0.408 e. The first-order chi connectivity index (χ1) is 15.2. The molecule has 0 bridgehead atoms. The molecule has 3 atom stereocenters. The molecule has 180 valence electrons. The summed E-state index contributed by atoms with van der Waals surface area (Å²) in [5.74, 6) is -1.27. The minimum atomic E-state index is -0.981. The number of aromatic amines is 1. The topological polar surface area (TPSA) is 112 Å². The fourth-order valence-electron chi connectivity index (χ4n) is 4.03. The van der Waals surface area contributed by atoms with Crippen LogP contribution in [-0.4, -0.2) is 63.1 Å². The Labute approximate surface area is 192 Å².